The van der Waals surface area contributed by atoms with E-state index in [0.29, 0.717) is 12.6 Å². The number of carboxylic acid groups (broad SMARTS) is 1. The molecule has 1 heterocycles. The topological polar surface area (TPSA) is 40.5 Å². The zero-order valence-corrected chi connectivity index (χ0v) is 12.2. The molecular weight excluding hydrogens is 302 g/mol. The molecule has 1 saturated carbocycles. The summed E-state index contributed by atoms with van der Waals surface area (Å²) in [6.07, 6.45) is 2.66. The average Bonchev–Trinajstić information content (AvgIpc) is 3.02. The molecule has 0 aliphatic heterocycles. The molecule has 1 aromatic heterocycles. The monoisotopic (exact) mass is 317 g/mol. The maximum absolute atomic E-state index is 10.6. The van der Waals surface area contributed by atoms with Crippen molar-refractivity contribution in [3.8, 4) is 0 Å². The third-order valence-corrected chi connectivity index (χ3v) is 5.06. The third kappa shape index (κ3) is 3.79. The van der Waals surface area contributed by atoms with Gasteiger partial charge in [-0.1, -0.05) is 0 Å². The second-order valence-electron chi connectivity index (χ2n) is 4.46. The van der Waals surface area contributed by atoms with Crippen LogP contribution in [0.1, 0.15) is 29.0 Å². The minimum Gasteiger partial charge on any atom is -0.481 e. The van der Waals surface area contributed by atoms with Crippen LogP contribution in [0.5, 0.6) is 0 Å². The number of aryl methyl sites for hydroxylation is 1. The number of halogens is 1. The van der Waals surface area contributed by atoms with Crippen molar-refractivity contribution in [2.24, 2.45) is 0 Å². The predicted molar refractivity (Wildman–Crippen MR) is 72.4 cm³/mol. The molecule has 1 aliphatic rings. The molecule has 94 valence electrons. The largest absolute Gasteiger partial charge is 0.481 e. The zero-order valence-electron chi connectivity index (χ0n) is 9.78. The van der Waals surface area contributed by atoms with Crippen molar-refractivity contribution in [1.82, 2.24) is 4.90 Å². The SMILES string of the molecule is Cc1sc(CN(CCC(=O)O)C2CC2)cc1Br. The Hall–Kier alpha value is -0.390. The first-order chi connectivity index (χ1) is 8.06. The van der Waals surface area contributed by atoms with Gasteiger partial charge in [0, 0.05) is 33.4 Å². The molecule has 1 fully saturated rings. The highest BCUT2D eigenvalue weighted by molar-refractivity contribution is 9.10. The molecule has 1 aromatic rings. The maximum atomic E-state index is 10.6. The fourth-order valence-electron chi connectivity index (χ4n) is 1.87. The Morgan fingerprint density at radius 3 is 2.82 bits per heavy atom. The van der Waals surface area contributed by atoms with Gasteiger partial charge in [-0.3, -0.25) is 9.69 Å². The van der Waals surface area contributed by atoms with E-state index in [1.165, 1.54) is 22.6 Å². The van der Waals surface area contributed by atoms with E-state index in [2.05, 4.69) is 33.8 Å². The van der Waals surface area contributed by atoms with E-state index in [1.807, 2.05) is 0 Å². The summed E-state index contributed by atoms with van der Waals surface area (Å²) >= 11 is 5.30. The lowest BCUT2D eigenvalue weighted by Gasteiger charge is -2.20. The lowest BCUT2D eigenvalue weighted by molar-refractivity contribution is -0.137. The van der Waals surface area contributed by atoms with E-state index in [4.69, 9.17) is 5.11 Å². The smallest absolute Gasteiger partial charge is 0.304 e. The molecule has 0 radical (unpaired) electrons. The van der Waals surface area contributed by atoms with Gasteiger partial charge in [-0.25, -0.2) is 0 Å². The van der Waals surface area contributed by atoms with Gasteiger partial charge in [-0.15, -0.1) is 11.3 Å². The summed E-state index contributed by atoms with van der Waals surface area (Å²) < 4.78 is 1.16. The number of carbonyl (C=O) groups is 1. The summed E-state index contributed by atoms with van der Waals surface area (Å²) in [6, 6.07) is 2.76. The first-order valence-electron chi connectivity index (χ1n) is 5.77. The van der Waals surface area contributed by atoms with E-state index in [-0.39, 0.29) is 6.42 Å². The molecule has 0 saturated heterocycles. The van der Waals surface area contributed by atoms with Crippen LogP contribution < -0.4 is 0 Å². The van der Waals surface area contributed by atoms with Crippen molar-refractivity contribution in [2.45, 2.75) is 38.8 Å². The third-order valence-electron chi connectivity index (χ3n) is 2.94. The van der Waals surface area contributed by atoms with Crippen LogP contribution in [-0.2, 0) is 11.3 Å². The molecule has 0 atom stereocenters. The number of hydrogen-bond acceptors (Lipinski definition) is 3. The highest BCUT2D eigenvalue weighted by atomic mass is 79.9. The number of nitrogens with zero attached hydrogens (tertiary/aromatic N) is 1. The molecule has 3 nitrogen and oxygen atoms in total. The van der Waals surface area contributed by atoms with Crippen LogP contribution in [0.2, 0.25) is 0 Å². The van der Waals surface area contributed by atoms with Gasteiger partial charge in [-0.2, -0.15) is 0 Å². The van der Waals surface area contributed by atoms with Crippen LogP contribution in [0, 0.1) is 6.92 Å². The van der Waals surface area contributed by atoms with Gasteiger partial charge >= 0.3 is 5.97 Å². The van der Waals surface area contributed by atoms with Crippen LogP contribution in [0.3, 0.4) is 0 Å². The van der Waals surface area contributed by atoms with Crippen molar-refractivity contribution in [2.75, 3.05) is 6.54 Å². The van der Waals surface area contributed by atoms with Crippen LogP contribution in [0.25, 0.3) is 0 Å². The van der Waals surface area contributed by atoms with Gasteiger partial charge in [-0.05, 0) is 41.8 Å². The molecule has 17 heavy (non-hydrogen) atoms. The summed E-state index contributed by atoms with van der Waals surface area (Å²) in [5.41, 5.74) is 0. The minimum atomic E-state index is -0.709. The van der Waals surface area contributed by atoms with E-state index < -0.39 is 5.97 Å². The Balaban J connectivity index is 1.95. The molecule has 1 aliphatic carbocycles. The van der Waals surface area contributed by atoms with E-state index in [1.54, 1.807) is 11.3 Å². The second-order valence-corrected chi connectivity index (χ2v) is 6.66. The van der Waals surface area contributed by atoms with E-state index >= 15 is 0 Å². The molecule has 2 rings (SSSR count). The summed E-state index contributed by atoms with van der Waals surface area (Å²) in [7, 11) is 0. The summed E-state index contributed by atoms with van der Waals surface area (Å²) in [5, 5.41) is 8.75. The van der Waals surface area contributed by atoms with Crippen LogP contribution in [-0.4, -0.2) is 28.6 Å². The van der Waals surface area contributed by atoms with E-state index in [0.717, 1.165) is 11.0 Å². The first kappa shape index (κ1) is 13.1. The highest BCUT2D eigenvalue weighted by Gasteiger charge is 2.29. The van der Waals surface area contributed by atoms with Gasteiger partial charge in [0.2, 0.25) is 0 Å². The van der Waals surface area contributed by atoms with Gasteiger partial charge in [0.05, 0.1) is 6.42 Å². The Morgan fingerprint density at radius 2 is 2.35 bits per heavy atom. The van der Waals surface area contributed by atoms with Crippen LogP contribution >= 0.6 is 27.3 Å². The van der Waals surface area contributed by atoms with Gasteiger partial charge in [0.1, 0.15) is 0 Å². The minimum absolute atomic E-state index is 0.238. The van der Waals surface area contributed by atoms with Crippen molar-refractivity contribution in [3.05, 3.63) is 20.3 Å². The molecule has 0 spiro atoms. The number of carboxylic acids is 1. The number of aliphatic carboxylic acids is 1. The highest BCUT2D eigenvalue weighted by Crippen LogP contribution is 2.32. The second kappa shape index (κ2) is 5.50. The van der Waals surface area contributed by atoms with E-state index in [9.17, 15) is 4.79 Å². The Bertz CT molecular complexity index is 395. The van der Waals surface area contributed by atoms with Gasteiger partial charge in [0.25, 0.3) is 0 Å². The number of thiophene rings is 1. The lowest BCUT2D eigenvalue weighted by atomic mass is 10.3. The van der Waals surface area contributed by atoms with Crippen molar-refractivity contribution in [3.63, 3.8) is 0 Å². The summed E-state index contributed by atoms with van der Waals surface area (Å²) in [6.45, 7) is 3.64. The Morgan fingerprint density at radius 1 is 1.65 bits per heavy atom. The molecule has 0 bridgehead atoms. The first-order valence-corrected chi connectivity index (χ1v) is 7.38. The molecular formula is C12H16BrNO2S. The summed E-state index contributed by atoms with van der Waals surface area (Å²) in [5.74, 6) is -0.709. The van der Waals surface area contributed by atoms with Gasteiger partial charge in [0.15, 0.2) is 0 Å². The quantitative estimate of drug-likeness (QED) is 0.875. The van der Waals surface area contributed by atoms with Crippen molar-refractivity contribution >= 4 is 33.2 Å². The fraction of sp³-hybridized carbons (Fsp3) is 0.583. The zero-order chi connectivity index (χ0) is 12.4. The average molecular weight is 318 g/mol. The summed E-state index contributed by atoms with van der Waals surface area (Å²) in [4.78, 5) is 15.5. The Labute approximate surface area is 114 Å². The van der Waals surface area contributed by atoms with Gasteiger partial charge < -0.3 is 5.11 Å². The fourth-order valence-corrected chi connectivity index (χ4v) is 3.49. The number of rotatable bonds is 6. The molecule has 1 N–H and O–H groups in total. The predicted octanol–water partition coefficient (Wildman–Crippen LogP) is 3.26. The number of hydrogen-bond donors (Lipinski definition) is 1. The van der Waals surface area contributed by atoms with Crippen molar-refractivity contribution < 1.29 is 9.90 Å². The molecule has 5 heteroatoms. The van der Waals surface area contributed by atoms with Crippen LogP contribution in [0.15, 0.2) is 10.5 Å². The van der Waals surface area contributed by atoms with Crippen LogP contribution in [0.4, 0.5) is 0 Å². The normalized spacial score (nSPS) is 15.5. The van der Waals surface area contributed by atoms with Crippen molar-refractivity contribution in [1.29, 1.82) is 0 Å². The lowest BCUT2D eigenvalue weighted by Crippen LogP contribution is -2.27. The Kier molecular flexibility index (Phi) is 4.22. The standard InChI is InChI=1S/C12H16BrNO2S/c1-8-11(13)6-10(17-8)7-14(9-2-3-9)5-4-12(15)16/h6,9H,2-5,7H2,1H3,(H,15,16). The molecule has 0 aromatic carbocycles. The molecule has 0 unspecified atom stereocenters. The maximum Gasteiger partial charge on any atom is 0.304 e. The molecule has 0 amide bonds.